The van der Waals surface area contributed by atoms with Crippen LogP contribution in [0.5, 0.6) is 17.2 Å². The summed E-state index contributed by atoms with van der Waals surface area (Å²) in [6.45, 7) is 10.4. The molecule has 0 spiro atoms. The highest BCUT2D eigenvalue weighted by Gasteiger charge is 2.46. The minimum Gasteiger partial charge on any atom is -0.507 e. The maximum atomic E-state index is 13.3. The number of nitrogens with zero attached hydrogens (tertiary/aromatic N) is 2. The van der Waals surface area contributed by atoms with E-state index in [1.165, 1.54) is 4.90 Å². The number of hydrogen-bond donors (Lipinski definition) is 1. The maximum Gasteiger partial charge on any atom is 0.295 e. The number of carbonyl (C=O) groups is 2. The lowest BCUT2D eigenvalue weighted by Crippen LogP contribution is -2.35. The molecule has 0 aromatic heterocycles. The van der Waals surface area contributed by atoms with Crippen LogP contribution in [0.2, 0.25) is 0 Å². The molecule has 8 nitrogen and oxygen atoms in total. The van der Waals surface area contributed by atoms with Gasteiger partial charge in [-0.25, -0.2) is 0 Å². The molecule has 8 heteroatoms. The first-order valence-corrected chi connectivity index (χ1v) is 13.5. The number of benzene rings is 2. The fourth-order valence-corrected chi connectivity index (χ4v) is 4.27. The van der Waals surface area contributed by atoms with Crippen molar-refractivity contribution in [1.29, 1.82) is 0 Å². The van der Waals surface area contributed by atoms with Gasteiger partial charge in [0.05, 0.1) is 31.9 Å². The number of methoxy groups -OCH3 is 1. The van der Waals surface area contributed by atoms with Crippen LogP contribution >= 0.6 is 0 Å². The van der Waals surface area contributed by atoms with E-state index in [0.29, 0.717) is 66.5 Å². The zero-order chi connectivity index (χ0) is 28.7. The van der Waals surface area contributed by atoms with E-state index >= 15 is 0 Å². The van der Waals surface area contributed by atoms with Crippen LogP contribution in [0.15, 0.2) is 48.0 Å². The van der Waals surface area contributed by atoms with Crippen molar-refractivity contribution in [2.45, 2.75) is 40.2 Å². The number of ketones is 1. The third-order valence-electron chi connectivity index (χ3n) is 6.50. The van der Waals surface area contributed by atoms with Crippen molar-refractivity contribution in [3.8, 4) is 17.2 Å². The largest absolute Gasteiger partial charge is 0.507 e. The van der Waals surface area contributed by atoms with Gasteiger partial charge in [0.15, 0.2) is 11.5 Å². The zero-order valence-electron chi connectivity index (χ0n) is 24.2. The van der Waals surface area contributed by atoms with Crippen LogP contribution in [0.4, 0.5) is 0 Å². The van der Waals surface area contributed by atoms with Gasteiger partial charge >= 0.3 is 0 Å². The van der Waals surface area contributed by atoms with Crippen LogP contribution in [0.1, 0.15) is 51.3 Å². The topological polar surface area (TPSA) is 88.5 Å². The van der Waals surface area contributed by atoms with Crippen LogP contribution in [-0.4, -0.2) is 74.1 Å². The van der Waals surface area contributed by atoms with Crippen molar-refractivity contribution < 1.29 is 28.9 Å². The van der Waals surface area contributed by atoms with Gasteiger partial charge in [-0.15, -0.1) is 0 Å². The number of aliphatic hydroxyl groups excluding tert-OH is 1. The summed E-state index contributed by atoms with van der Waals surface area (Å²) in [5, 5.41) is 11.4. The average Bonchev–Trinajstić information content (AvgIpc) is 3.15. The number of hydrogen-bond acceptors (Lipinski definition) is 7. The van der Waals surface area contributed by atoms with Gasteiger partial charge in [-0.2, -0.15) is 0 Å². The predicted octanol–water partition coefficient (Wildman–Crippen LogP) is 5.14. The standard InChI is InChI=1S/C31H42N2O6/c1-20(2)14-17-38-25-13-10-23(18-26(25)37-7)28-27(30(35)31(36)33(28)16-15-32(5)6)29(34)22-8-11-24(12-9-22)39-19-21(3)4/h8-13,18,20-21,28,34H,14-17,19H2,1-7H3. The monoisotopic (exact) mass is 538 g/mol. The lowest BCUT2D eigenvalue weighted by atomic mass is 9.95. The minimum atomic E-state index is -0.777. The molecular formula is C31H42N2O6. The zero-order valence-corrected chi connectivity index (χ0v) is 24.2. The summed E-state index contributed by atoms with van der Waals surface area (Å²) in [6, 6.07) is 11.5. The summed E-state index contributed by atoms with van der Waals surface area (Å²) in [5.74, 6) is 1.05. The first-order valence-electron chi connectivity index (χ1n) is 13.5. The van der Waals surface area contributed by atoms with Gasteiger partial charge in [0.25, 0.3) is 11.7 Å². The molecule has 0 saturated carbocycles. The second-order valence-corrected chi connectivity index (χ2v) is 11.0. The average molecular weight is 539 g/mol. The highest BCUT2D eigenvalue weighted by molar-refractivity contribution is 6.46. The Labute approximate surface area is 232 Å². The number of amides is 1. The molecule has 212 valence electrons. The van der Waals surface area contributed by atoms with Gasteiger partial charge in [-0.05, 0) is 74.3 Å². The first kappa shape index (κ1) is 30.0. The minimum absolute atomic E-state index is 0.0464. The highest BCUT2D eigenvalue weighted by Crippen LogP contribution is 2.42. The van der Waals surface area contributed by atoms with E-state index in [1.54, 1.807) is 43.5 Å². The Morgan fingerprint density at radius 1 is 0.974 bits per heavy atom. The number of ether oxygens (including phenoxy) is 3. The van der Waals surface area contributed by atoms with E-state index in [-0.39, 0.29) is 11.3 Å². The van der Waals surface area contributed by atoms with E-state index < -0.39 is 17.7 Å². The van der Waals surface area contributed by atoms with Crippen LogP contribution in [0.3, 0.4) is 0 Å². The molecule has 1 heterocycles. The van der Waals surface area contributed by atoms with Gasteiger partial charge in [0.1, 0.15) is 11.5 Å². The molecule has 1 fully saturated rings. The van der Waals surface area contributed by atoms with Crippen molar-refractivity contribution in [3.05, 3.63) is 59.2 Å². The number of likely N-dealkylation sites (tertiary alicyclic amines) is 1. The van der Waals surface area contributed by atoms with Crippen molar-refractivity contribution in [2.24, 2.45) is 11.8 Å². The molecule has 39 heavy (non-hydrogen) atoms. The Kier molecular flexibility index (Phi) is 10.4. The number of Topliss-reactive ketones (excluding diaryl/α,β-unsaturated/α-hetero) is 1. The van der Waals surface area contributed by atoms with E-state index in [9.17, 15) is 14.7 Å². The number of likely N-dealkylation sites (N-methyl/N-ethyl adjacent to an activating group) is 1. The lowest BCUT2D eigenvalue weighted by molar-refractivity contribution is -0.140. The quantitative estimate of drug-likeness (QED) is 0.215. The fraction of sp³-hybridized carbons (Fsp3) is 0.484. The summed E-state index contributed by atoms with van der Waals surface area (Å²) in [6.07, 6.45) is 0.900. The molecular weight excluding hydrogens is 496 g/mol. The molecule has 1 amide bonds. The van der Waals surface area contributed by atoms with Gasteiger partial charge < -0.3 is 29.1 Å². The number of carbonyl (C=O) groups excluding carboxylic acids is 2. The van der Waals surface area contributed by atoms with Crippen LogP contribution in [-0.2, 0) is 9.59 Å². The van der Waals surface area contributed by atoms with Crippen LogP contribution in [0, 0.1) is 11.8 Å². The second kappa shape index (κ2) is 13.5. The smallest absolute Gasteiger partial charge is 0.295 e. The summed E-state index contributed by atoms with van der Waals surface area (Å²) in [7, 11) is 5.36. The second-order valence-electron chi connectivity index (χ2n) is 11.0. The maximum absolute atomic E-state index is 13.3. The van der Waals surface area contributed by atoms with Crippen molar-refractivity contribution in [3.63, 3.8) is 0 Å². The summed E-state index contributed by atoms with van der Waals surface area (Å²) in [5.41, 5.74) is 1.13. The summed E-state index contributed by atoms with van der Waals surface area (Å²) in [4.78, 5) is 30.0. The molecule has 1 aliphatic heterocycles. The SMILES string of the molecule is COc1cc(C2C(=C(O)c3ccc(OCC(C)C)cc3)C(=O)C(=O)N2CCN(C)C)ccc1OCCC(C)C. The summed E-state index contributed by atoms with van der Waals surface area (Å²) < 4.78 is 17.3. The molecule has 0 bridgehead atoms. The fourth-order valence-electron chi connectivity index (χ4n) is 4.27. The van der Waals surface area contributed by atoms with Crippen molar-refractivity contribution >= 4 is 17.4 Å². The molecule has 3 rings (SSSR count). The van der Waals surface area contributed by atoms with E-state index in [2.05, 4.69) is 27.7 Å². The van der Waals surface area contributed by atoms with E-state index in [4.69, 9.17) is 14.2 Å². The van der Waals surface area contributed by atoms with Crippen LogP contribution < -0.4 is 14.2 Å². The van der Waals surface area contributed by atoms with Gasteiger partial charge in [0, 0.05) is 18.7 Å². The van der Waals surface area contributed by atoms with Crippen molar-refractivity contribution in [1.82, 2.24) is 9.80 Å². The number of rotatable bonds is 13. The Bertz CT molecular complexity index is 1170. The Hall–Kier alpha value is -3.52. The van der Waals surface area contributed by atoms with E-state index in [1.807, 2.05) is 25.1 Å². The molecule has 0 radical (unpaired) electrons. The molecule has 2 aromatic rings. The molecule has 2 aromatic carbocycles. The first-order chi connectivity index (χ1) is 18.5. The Morgan fingerprint density at radius 3 is 2.26 bits per heavy atom. The van der Waals surface area contributed by atoms with E-state index in [0.717, 1.165) is 6.42 Å². The number of aliphatic hydroxyl groups is 1. The van der Waals surface area contributed by atoms with Crippen LogP contribution in [0.25, 0.3) is 5.76 Å². The van der Waals surface area contributed by atoms with Gasteiger partial charge in [-0.1, -0.05) is 33.8 Å². The lowest BCUT2D eigenvalue weighted by Gasteiger charge is -2.27. The molecule has 1 N–H and O–H groups in total. The molecule has 1 unspecified atom stereocenters. The third-order valence-corrected chi connectivity index (χ3v) is 6.50. The molecule has 1 saturated heterocycles. The van der Waals surface area contributed by atoms with Gasteiger partial charge in [-0.3, -0.25) is 9.59 Å². The Balaban J connectivity index is 2.03. The Morgan fingerprint density at radius 2 is 1.67 bits per heavy atom. The molecule has 0 aliphatic carbocycles. The van der Waals surface area contributed by atoms with Gasteiger partial charge in [0.2, 0.25) is 0 Å². The summed E-state index contributed by atoms with van der Waals surface area (Å²) >= 11 is 0. The third kappa shape index (κ3) is 7.53. The predicted molar refractivity (Wildman–Crippen MR) is 152 cm³/mol. The normalized spacial score (nSPS) is 17.0. The van der Waals surface area contributed by atoms with Crippen molar-refractivity contribution in [2.75, 3.05) is 47.5 Å². The molecule has 1 aliphatic rings. The molecule has 1 atom stereocenters. The highest BCUT2D eigenvalue weighted by atomic mass is 16.5.